The van der Waals surface area contributed by atoms with Crippen molar-refractivity contribution in [2.24, 2.45) is 0 Å². The van der Waals surface area contributed by atoms with Gasteiger partial charge in [-0.2, -0.15) is 13.2 Å². The van der Waals surface area contributed by atoms with Crippen LogP contribution in [-0.2, 0) is 11.0 Å². The van der Waals surface area contributed by atoms with Crippen molar-refractivity contribution in [2.45, 2.75) is 25.4 Å². The van der Waals surface area contributed by atoms with Crippen LogP contribution >= 0.6 is 0 Å². The predicted octanol–water partition coefficient (Wildman–Crippen LogP) is 3.83. The summed E-state index contributed by atoms with van der Waals surface area (Å²) in [4.78, 5) is 10.7. The van der Waals surface area contributed by atoms with Gasteiger partial charge in [0.1, 0.15) is 0 Å². The molecule has 2 nitrogen and oxygen atoms in total. The zero-order chi connectivity index (χ0) is 14.1. The molecule has 1 aromatic carbocycles. The summed E-state index contributed by atoms with van der Waals surface area (Å²) in [5.41, 5.74) is -2.50. The van der Waals surface area contributed by atoms with Gasteiger partial charge in [0, 0.05) is 5.56 Å². The van der Waals surface area contributed by atoms with E-state index >= 15 is 0 Å². The van der Waals surface area contributed by atoms with Crippen molar-refractivity contribution in [3.05, 3.63) is 34.9 Å². The normalized spacial score (nSPS) is 13.7. The molecule has 0 spiro atoms. The van der Waals surface area contributed by atoms with Crippen LogP contribution in [0.5, 0.6) is 0 Å². The summed E-state index contributed by atoms with van der Waals surface area (Å²) < 4.78 is 62.7. The smallest absolute Gasteiger partial charge is 0.416 e. The Hall–Kier alpha value is -1.66. The topological polar surface area (TPSA) is 37.3 Å². The Morgan fingerprint density at radius 2 is 1.83 bits per heavy atom. The third-order valence-corrected chi connectivity index (χ3v) is 2.47. The maximum atomic E-state index is 12.6. The number of hydrogen-bond acceptors (Lipinski definition) is 1. The third-order valence-electron chi connectivity index (χ3n) is 2.47. The molecule has 1 atom stereocenters. The maximum Gasteiger partial charge on any atom is 0.416 e. The molecule has 0 aromatic heterocycles. The van der Waals surface area contributed by atoms with Crippen LogP contribution in [0.15, 0.2) is 18.2 Å². The zero-order valence-electron chi connectivity index (χ0n) is 9.13. The van der Waals surface area contributed by atoms with Gasteiger partial charge in [-0.25, -0.2) is 8.78 Å². The molecule has 0 saturated heterocycles. The molecule has 0 amide bonds. The highest BCUT2D eigenvalue weighted by atomic mass is 19.4. The van der Waals surface area contributed by atoms with Gasteiger partial charge in [0.2, 0.25) is 0 Å². The molecule has 1 unspecified atom stereocenters. The van der Waals surface area contributed by atoms with E-state index in [0.717, 1.165) is 6.92 Å². The second-order valence-corrected chi connectivity index (χ2v) is 3.71. The van der Waals surface area contributed by atoms with E-state index in [0.29, 0.717) is 18.2 Å². The summed E-state index contributed by atoms with van der Waals surface area (Å²) in [6, 6.07) is 1.72. The number of carboxylic acid groups (broad SMARTS) is 1. The number of carbonyl (C=O) groups is 1. The monoisotopic (exact) mass is 268 g/mol. The van der Waals surface area contributed by atoms with Crippen LogP contribution in [0, 0.1) is 0 Å². The van der Waals surface area contributed by atoms with Gasteiger partial charge in [0.05, 0.1) is 11.5 Å². The van der Waals surface area contributed by atoms with Crippen LogP contribution in [0.1, 0.15) is 36.0 Å². The summed E-state index contributed by atoms with van der Waals surface area (Å²) >= 11 is 0. The van der Waals surface area contributed by atoms with Crippen molar-refractivity contribution in [3.63, 3.8) is 0 Å². The Bertz CT molecular complexity index is 453. The van der Waals surface area contributed by atoms with E-state index in [1.807, 2.05) is 0 Å². The average Bonchev–Trinajstić information content (AvgIpc) is 2.25. The molecule has 0 heterocycles. The van der Waals surface area contributed by atoms with E-state index in [9.17, 15) is 26.7 Å². The van der Waals surface area contributed by atoms with Crippen molar-refractivity contribution < 1.29 is 31.9 Å². The summed E-state index contributed by atoms with van der Waals surface area (Å²) in [6.07, 6.45) is -7.73. The Morgan fingerprint density at radius 3 is 2.22 bits per heavy atom. The van der Waals surface area contributed by atoms with E-state index in [2.05, 4.69) is 0 Å². The molecule has 0 aliphatic rings. The molecule has 0 aliphatic carbocycles. The molecular formula is C11H9F5O2. The van der Waals surface area contributed by atoms with Gasteiger partial charge in [-0.15, -0.1) is 0 Å². The maximum absolute atomic E-state index is 12.6. The first-order valence-electron chi connectivity index (χ1n) is 4.86. The molecule has 0 aliphatic heterocycles. The van der Waals surface area contributed by atoms with Crippen molar-refractivity contribution in [1.29, 1.82) is 0 Å². The Balaban J connectivity index is 3.40. The highest BCUT2D eigenvalue weighted by molar-refractivity contribution is 5.76. The molecule has 1 rings (SSSR count). The Labute approximate surface area is 99.0 Å². The first-order valence-corrected chi connectivity index (χ1v) is 4.86. The van der Waals surface area contributed by atoms with Gasteiger partial charge in [0.15, 0.2) is 0 Å². The number of carboxylic acids is 1. The first-order chi connectivity index (χ1) is 8.14. The number of rotatable bonds is 3. The minimum Gasteiger partial charge on any atom is -0.481 e. The number of hydrogen-bond donors (Lipinski definition) is 1. The van der Waals surface area contributed by atoms with Crippen LogP contribution < -0.4 is 0 Å². The molecule has 0 bridgehead atoms. The van der Waals surface area contributed by atoms with E-state index < -0.39 is 41.2 Å². The van der Waals surface area contributed by atoms with Gasteiger partial charge >= 0.3 is 12.1 Å². The van der Waals surface area contributed by atoms with Crippen LogP contribution in [0.25, 0.3) is 0 Å². The van der Waals surface area contributed by atoms with Crippen molar-refractivity contribution >= 4 is 5.97 Å². The number of benzene rings is 1. The molecule has 0 radical (unpaired) electrons. The summed E-state index contributed by atoms with van der Waals surface area (Å²) in [6.45, 7) is 1.02. The van der Waals surface area contributed by atoms with Crippen LogP contribution in [0.4, 0.5) is 22.0 Å². The minimum absolute atomic E-state index is 0.482. The van der Waals surface area contributed by atoms with E-state index in [4.69, 9.17) is 5.11 Å². The van der Waals surface area contributed by atoms with E-state index in [1.165, 1.54) is 0 Å². The summed E-state index contributed by atoms with van der Waals surface area (Å²) in [5.74, 6) is -3.02. The van der Waals surface area contributed by atoms with Gasteiger partial charge in [0.25, 0.3) is 6.43 Å². The molecule has 100 valence electrons. The first kappa shape index (κ1) is 14.4. The van der Waals surface area contributed by atoms with Crippen LogP contribution in [0.3, 0.4) is 0 Å². The Kier molecular flexibility index (Phi) is 3.93. The largest absolute Gasteiger partial charge is 0.481 e. The average molecular weight is 268 g/mol. The lowest BCUT2D eigenvalue weighted by Gasteiger charge is -2.17. The second-order valence-electron chi connectivity index (χ2n) is 3.71. The Morgan fingerprint density at radius 1 is 1.28 bits per heavy atom. The molecule has 1 N–H and O–H groups in total. The van der Waals surface area contributed by atoms with E-state index in [1.54, 1.807) is 0 Å². The lowest BCUT2D eigenvalue weighted by atomic mass is 9.93. The van der Waals surface area contributed by atoms with Crippen LogP contribution in [-0.4, -0.2) is 11.1 Å². The highest BCUT2D eigenvalue weighted by Crippen LogP contribution is 2.37. The predicted molar refractivity (Wildman–Crippen MR) is 52.5 cm³/mol. The molecule has 0 saturated carbocycles. The minimum atomic E-state index is -4.78. The molecular weight excluding hydrogens is 259 g/mol. The second kappa shape index (κ2) is 4.91. The summed E-state index contributed by atoms with van der Waals surface area (Å²) in [5, 5.41) is 8.70. The standard InChI is InChI=1S/C11H9F5O2/c1-5(10(17)18)7-4-6(9(12)13)2-3-8(7)11(14,15)16/h2-5,9H,1H3,(H,17,18). The van der Waals surface area contributed by atoms with Gasteiger partial charge < -0.3 is 5.11 Å². The molecule has 7 heteroatoms. The molecule has 1 aromatic rings. The van der Waals surface area contributed by atoms with Gasteiger partial charge in [-0.1, -0.05) is 6.07 Å². The zero-order valence-corrected chi connectivity index (χ0v) is 9.13. The fourth-order valence-electron chi connectivity index (χ4n) is 1.47. The van der Waals surface area contributed by atoms with Crippen LogP contribution in [0.2, 0.25) is 0 Å². The number of halogens is 5. The SMILES string of the molecule is CC(C(=O)O)c1cc(C(F)F)ccc1C(F)(F)F. The van der Waals surface area contributed by atoms with Crippen molar-refractivity contribution in [2.75, 3.05) is 0 Å². The fraction of sp³-hybridized carbons (Fsp3) is 0.364. The lowest BCUT2D eigenvalue weighted by molar-refractivity contribution is -0.141. The molecule has 0 fully saturated rings. The third kappa shape index (κ3) is 2.96. The number of aliphatic carboxylic acids is 1. The quantitative estimate of drug-likeness (QED) is 0.846. The van der Waals surface area contributed by atoms with E-state index in [-0.39, 0.29) is 0 Å². The summed E-state index contributed by atoms with van der Waals surface area (Å²) in [7, 11) is 0. The number of alkyl halides is 5. The van der Waals surface area contributed by atoms with Crippen molar-refractivity contribution in [1.82, 2.24) is 0 Å². The highest BCUT2D eigenvalue weighted by Gasteiger charge is 2.36. The van der Waals surface area contributed by atoms with Gasteiger partial charge in [-0.3, -0.25) is 4.79 Å². The van der Waals surface area contributed by atoms with Gasteiger partial charge in [-0.05, 0) is 24.6 Å². The lowest BCUT2D eigenvalue weighted by Crippen LogP contribution is -2.16. The fourth-order valence-corrected chi connectivity index (χ4v) is 1.47. The van der Waals surface area contributed by atoms with Crippen molar-refractivity contribution in [3.8, 4) is 0 Å². The molecule has 18 heavy (non-hydrogen) atoms.